The summed E-state index contributed by atoms with van der Waals surface area (Å²) in [5.41, 5.74) is 2.23. The topological polar surface area (TPSA) is 56.2 Å². The molecule has 5 nitrogen and oxygen atoms in total. The quantitative estimate of drug-likeness (QED) is 0.335. The van der Waals surface area contributed by atoms with E-state index in [1.807, 2.05) is 42.7 Å². The van der Waals surface area contributed by atoms with Crippen LogP contribution in [0.1, 0.15) is 45.1 Å². The van der Waals surface area contributed by atoms with Crippen molar-refractivity contribution in [2.75, 3.05) is 13.2 Å². The molecule has 33 heavy (non-hydrogen) atoms. The lowest BCUT2D eigenvalue weighted by atomic mass is 9.98. The Bertz CT molecular complexity index is 1010. The predicted molar refractivity (Wildman–Crippen MR) is 142 cm³/mol. The van der Waals surface area contributed by atoms with E-state index < -0.39 is 0 Å². The summed E-state index contributed by atoms with van der Waals surface area (Å²) in [6, 6.07) is 14.0. The Morgan fingerprint density at radius 1 is 1.06 bits per heavy atom. The highest BCUT2D eigenvalue weighted by atomic mass is 35.5. The molecule has 2 heterocycles. The van der Waals surface area contributed by atoms with Crippen LogP contribution in [0.25, 0.3) is 10.9 Å². The van der Waals surface area contributed by atoms with Crippen molar-refractivity contribution in [1.29, 1.82) is 0 Å². The number of aromatic nitrogens is 2. The first-order chi connectivity index (χ1) is 15.0. The van der Waals surface area contributed by atoms with Crippen molar-refractivity contribution in [3.8, 4) is 5.75 Å². The van der Waals surface area contributed by atoms with Crippen molar-refractivity contribution in [3.63, 3.8) is 0 Å². The Balaban J connectivity index is 0.00000272. The Kier molecular flexibility index (Phi) is 13.1. The van der Waals surface area contributed by atoms with Gasteiger partial charge < -0.3 is 14.6 Å². The maximum absolute atomic E-state index is 11.7. The van der Waals surface area contributed by atoms with Crippen LogP contribution in [-0.2, 0) is 13.5 Å². The normalized spacial score (nSPS) is 11.6. The highest BCUT2D eigenvalue weighted by Crippen LogP contribution is 2.19. The summed E-state index contributed by atoms with van der Waals surface area (Å²) in [5.74, 6) is 1.53. The minimum Gasteiger partial charge on any atom is -0.494 e. The largest absolute Gasteiger partial charge is 0.494 e. The molecule has 0 spiro atoms. The van der Waals surface area contributed by atoms with Gasteiger partial charge in [-0.15, -0.1) is 24.8 Å². The molecule has 0 aliphatic heterocycles. The molecule has 0 saturated carbocycles. The molecule has 3 aromatic rings. The van der Waals surface area contributed by atoms with Crippen molar-refractivity contribution in [1.82, 2.24) is 14.9 Å². The van der Waals surface area contributed by atoms with Gasteiger partial charge in [-0.25, -0.2) is 0 Å². The third-order valence-corrected chi connectivity index (χ3v) is 5.58. The molecule has 0 bridgehead atoms. The van der Waals surface area contributed by atoms with Crippen LogP contribution in [0.15, 0.2) is 59.7 Å². The van der Waals surface area contributed by atoms with Gasteiger partial charge in [-0.1, -0.05) is 19.9 Å². The van der Waals surface area contributed by atoms with Crippen LogP contribution in [0.3, 0.4) is 0 Å². The van der Waals surface area contributed by atoms with Gasteiger partial charge in [0.25, 0.3) is 5.56 Å². The molecule has 7 heteroatoms. The lowest BCUT2D eigenvalue weighted by Crippen LogP contribution is -2.33. The Labute approximate surface area is 209 Å². The summed E-state index contributed by atoms with van der Waals surface area (Å²) in [6.45, 7) is 6.30. The molecular weight excluding hydrogens is 457 g/mol. The third kappa shape index (κ3) is 9.36. The number of halogens is 2. The fourth-order valence-electron chi connectivity index (χ4n) is 3.96. The minimum atomic E-state index is 0. The number of rotatable bonds is 12. The van der Waals surface area contributed by atoms with Crippen LogP contribution >= 0.6 is 24.8 Å². The molecule has 1 unspecified atom stereocenters. The van der Waals surface area contributed by atoms with E-state index in [4.69, 9.17) is 4.74 Å². The van der Waals surface area contributed by atoms with Gasteiger partial charge >= 0.3 is 0 Å². The molecule has 1 N–H and O–H groups in total. The lowest BCUT2D eigenvalue weighted by Gasteiger charge is -2.21. The van der Waals surface area contributed by atoms with Crippen molar-refractivity contribution in [2.45, 2.75) is 52.0 Å². The van der Waals surface area contributed by atoms with Crippen molar-refractivity contribution in [2.24, 2.45) is 13.0 Å². The zero-order valence-corrected chi connectivity index (χ0v) is 21.5. The summed E-state index contributed by atoms with van der Waals surface area (Å²) in [4.78, 5) is 16.0. The molecule has 0 aliphatic rings. The number of nitrogens with zero attached hydrogens (tertiary/aromatic N) is 2. The predicted octanol–water partition coefficient (Wildman–Crippen LogP) is 5.57. The number of hydrogen-bond acceptors (Lipinski definition) is 4. The van der Waals surface area contributed by atoms with Crippen LogP contribution in [0, 0.1) is 5.92 Å². The lowest BCUT2D eigenvalue weighted by molar-refractivity contribution is 0.304. The van der Waals surface area contributed by atoms with Gasteiger partial charge in [0.15, 0.2) is 0 Å². The van der Waals surface area contributed by atoms with Crippen molar-refractivity contribution >= 4 is 35.7 Å². The van der Waals surface area contributed by atoms with E-state index in [9.17, 15) is 4.79 Å². The van der Waals surface area contributed by atoms with Crippen LogP contribution in [0.4, 0.5) is 0 Å². The average molecular weight is 495 g/mol. The molecule has 0 fully saturated rings. The summed E-state index contributed by atoms with van der Waals surface area (Å²) >= 11 is 0. The zero-order valence-electron chi connectivity index (χ0n) is 19.8. The maximum atomic E-state index is 11.7. The smallest absolute Gasteiger partial charge is 0.250 e. The van der Waals surface area contributed by atoms with E-state index in [0.29, 0.717) is 18.6 Å². The summed E-state index contributed by atoms with van der Waals surface area (Å²) in [5, 5.41) is 4.76. The fourth-order valence-corrected chi connectivity index (χ4v) is 3.96. The van der Waals surface area contributed by atoms with E-state index in [2.05, 4.69) is 30.2 Å². The summed E-state index contributed by atoms with van der Waals surface area (Å²) in [6.07, 6.45) is 9.31. The second-order valence-corrected chi connectivity index (χ2v) is 8.71. The Hall–Kier alpha value is -2.08. The van der Waals surface area contributed by atoms with Crippen LogP contribution in [0.5, 0.6) is 5.75 Å². The van der Waals surface area contributed by atoms with Crippen LogP contribution < -0.4 is 15.6 Å². The molecule has 0 amide bonds. The summed E-state index contributed by atoms with van der Waals surface area (Å²) < 4.78 is 7.59. The standard InChI is InChI=1S/C26H35N3O2.2ClH/c1-20(2)16-23(17-21-8-7-13-27-19-21)28-14-5-4-6-15-31-24-10-11-25-22(18-24)9-12-26(30)29(25)3;;/h7-13,18-20,23,28H,4-6,14-17H2,1-3H3;2*1H. The van der Waals surface area contributed by atoms with Gasteiger partial charge in [0.2, 0.25) is 0 Å². The number of fused-ring (bicyclic) bond motifs is 1. The molecule has 1 atom stereocenters. The number of aryl methyl sites for hydroxylation is 1. The van der Waals surface area contributed by atoms with Gasteiger partial charge in [0, 0.05) is 36.9 Å². The molecule has 2 aromatic heterocycles. The maximum Gasteiger partial charge on any atom is 0.250 e. The first-order valence-corrected chi connectivity index (χ1v) is 11.4. The minimum absolute atomic E-state index is 0. The van der Waals surface area contributed by atoms with Crippen LogP contribution in [-0.4, -0.2) is 28.7 Å². The van der Waals surface area contributed by atoms with Gasteiger partial charge in [-0.05, 0) is 80.5 Å². The van der Waals surface area contributed by atoms with Crippen molar-refractivity contribution in [3.05, 3.63) is 70.8 Å². The number of benzene rings is 1. The Morgan fingerprint density at radius 3 is 2.61 bits per heavy atom. The van der Waals surface area contributed by atoms with Gasteiger partial charge in [-0.3, -0.25) is 9.78 Å². The molecule has 0 radical (unpaired) electrons. The second-order valence-electron chi connectivity index (χ2n) is 8.71. The second kappa shape index (κ2) is 14.9. The molecule has 0 aliphatic carbocycles. The molecule has 0 saturated heterocycles. The van der Waals surface area contributed by atoms with Crippen molar-refractivity contribution < 1.29 is 4.74 Å². The van der Waals surface area contributed by atoms with E-state index in [1.165, 1.54) is 12.0 Å². The van der Waals surface area contributed by atoms with E-state index >= 15 is 0 Å². The Morgan fingerprint density at radius 2 is 1.88 bits per heavy atom. The molecule has 182 valence electrons. The first-order valence-electron chi connectivity index (χ1n) is 11.4. The number of hydrogen-bond donors (Lipinski definition) is 1. The third-order valence-electron chi connectivity index (χ3n) is 5.58. The van der Waals surface area contributed by atoms with E-state index in [1.54, 1.807) is 17.7 Å². The highest BCUT2D eigenvalue weighted by Gasteiger charge is 2.11. The summed E-state index contributed by atoms with van der Waals surface area (Å²) in [7, 11) is 1.79. The van der Waals surface area contributed by atoms with Crippen LogP contribution in [0.2, 0.25) is 0 Å². The van der Waals surface area contributed by atoms with E-state index in [-0.39, 0.29) is 30.4 Å². The molecular formula is C26H37Cl2N3O2. The number of pyridine rings is 2. The number of unbranched alkanes of at least 4 members (excludes halogenated alkanes) is 2. The number of ether oxygens (including phenoxy) is 1. The monoisotopic (exact) mass is 493 g/mol. The average Bonchev–Trinajstić information content (AvgIpc) is 2.76. The number of nitrogens with one attached hydrogen (secondary N) is 1. The van der Waals surface area contributed by atoms with Gasteiger partial charge in [0.1, 0.15) is 5.75 Å². The van der Waals surface area contributed by atoms with E-state index in [0.717, 1.165) is 48.9 Å². The molecule has 3 rings (SSSR count). The highest BCUT2D eigenvalue weighted by molar-refractivity contribution is 5.85. The SMILES string of the molecule is CC(C)CC(Cc1cccnc1)NCCCCCOc1ccc2c(ccc(=O)n2C)c1.Cl.Cl. The molecule has 1 aromatic carbocycles. The van der Waals surface area contributed by atoms with Gasteiger partial charge in [0.05, 0.1) is 12.1 Å². The zero-order chi connectivity index (χ0) is 22.1. The fraction of sp³-hybridized carbons (Fsp3) is 0.462. The van der Waals surface area contributed by atoms with Gasteiger partial charge in [-0.2, -0.15) is 0 Å². The first kappa shape index (κ1) is 29.0.